The summed E-state index contributed by atoms with van der Waals surface area (Å²) in [5.41, 5.74) is 5.94. The highest BCUT2D eigenvalue weighted by molar-refractivity contribution is 5.99. The maximum absolute atomic E-state index is 2.48. The molecule has 23 heavy (non-hydrogen) atoms. The molecule has 1 aliphatic rings. The van der Waals surface area contributed by atoms with Crippen molar-refractivity contribution in [1.29, 1.82) is 0 Å². The van der Waals surface area contributed by atoms with Crippen LogP contribution >= 0.6 is 0 Å². The smallest absolute Gasteiger partial charge is 0.0102 e. The average molecular weight is 300 g/mol. The Balaban J connectivity index is 1.96. The monoisotopic (exact) mass is 300 g/mol. The molecule has 0 aromatic heterocycles. The SMILES string of the molecule is c1ccc(-c2cc3c(c4ccccc24)CCCCCCC3)cc1. The van der Waals surface area contributed by atoms with Gasteiger partial charge in [-0.2, -0.15) is 0 Å². The van der Waals surface area contributed by atoms with Gasteiger partial charge in [-0.3, -0.25) is 0 Å². The molecule has 0 atom stereocenters. The molecule has 3 aromatic carbocycles. The van der Waals surface area contributed by atoms with E-state index in [9.17, 15) is 0 Å². The molecule has 0 nitrogen and oxygen atoms in total. The molecule has 0 radical (unpaired) electrons. The minimum atomic E-state index is 1.24. The van der Waals surface area contributed by atoms with Crippen LogP contribution < -0.4 is 0 Å². The normalized spacial score (nSPS) is 15.5. The van der Waals surface area contributed by atoms with Crippen LogP contribution in [0.1, 0.15) is 43.2 Å². The van der Waals surface area contributed by atoms with E-state index in [0.717, 1.165) is 0 Å². The Bertz CT molecular complexity index is 799. The zero-order chi connectivity index (χ0) is 15.5. The molecule has 0 amide bonds. The summed E-state index contributed by atoms with van der Waals surface area (Å²) in [6, 6.07) is 22.4. The van der Waals surface area contributed by atoms with Crippen molar-refractivity contribution >= 4 is 10.8 Å². The van der Waals surface area contributed by atoms with Crippen LogP contribution in [0.2, 0.25) is 0 Å². The highest BCUT2D eigenvalue weighted by Crippen LogP contribution is 2.35. The summed E-state index contributed by atoms with van der Waals surface area (Å²) in [5, 5.41) is 2.89. The quantitative estimate of drug-likeness (QED) is 0.477. The largest absolute Gasteiger partial charge is 0.0622 e. The highest BCUT2D eigenvalue weighted by Gasteiger charge is 2.14. The summed E-state index contributed by atoms with van der Waals surface area (Å²) in [7, 11) is 0. The molecule has 0 aliphatic heterocycles. The van der Waals surface area contributed by atoms with E-state index in [0.29, 0.717) is 0 Å². The summed E-state index contributed by atoms with van der Waals surface area (Å²) in [6.45, 7) is 0. The summed E-state index contributed by atoms with van der Waals surface area (Å²) in [5.74, 6) is 0. The van der Waals surface area contributed by atoms with Crippen LogP contribution in [-0.2, 0) is 12.8 Å². The van der Waals surface area contributed by atoms with Crippen molar-refractivity contribution < 1.29 is 0 Å². The van der Waals surface area contributed by atoms with Crippen molar-refractivity contribution in [2.24, 2.45) is 0 Å². The topological polar surface area (TPSA) is 0 Å². The van der Waals surface area contributed by atoms with Crippen LogP contribution in [0.3, 0.4) is 0 Å². The first-order valence-electron chi connectivity index (χ1n) is 9.02. The Labute approximate surface area is 139 Å². The van der Waals surface area contributed by atoms with Gasteiger partial charge >= 0.3 is 0 Å². The van der Waals surface area contributed by atoms with E-state index in [2.05, 4.69) is 60.7 Å². The molecule has 0 unspecified atom stereocenters. The standard InChI is InChI=1S/C23H24/c1-2-5-13-19-17-23(18-11-6-4-7-12-18)22-16-10-9-15-21(22)20(19)14-8-3-1/h4,6-7,9-12,15-17H,1-3,5,8,13-14H2. The van der Waals surface area contributed by atoms with Gasteiger partial charge in [0.2, 0.25) is 0 Å². The number of rotatable bonds is 1. The van der Waals surface area contributed by atoms with E-state index >= 15 is 0 Å². The minimum absolute atomic E-state index is 1.24. The molecular weight excluding hydrogens is 276 g/mol. The molecule has 0 heteroatoms. The lowest BCUT2D eigenvalue weighted by atomic mass is 9.88. The van der Waals surface area contributed by atoms with Crippen LogP contribution in [0.25, 0.3) is 21.9 Å². The Morgan fingerprint density at radius 2 is 1.22 bits per heavy atom. The van der Waals surface area contributed by atoms with Crippen molar-refractivity contribution in [2.45, 2.75) is 44.9 Å². The average Bonchev–Trinajstić information content (AvgIpc) is 2.73. The van der Waals surface area contributed by atoms with Crippen LogP contribution in [0.15, 0.2) is 60.7 Å². The molecule has 1 aliphatic carbocycles. The van der Waals surface area contributed by atoms with Gasteiger partial charge in [-0.15, -0.1) is 0 Å². The van der Waals surface area contributed by atoms with E-state index in [1.807, 2.05) is 0 Å². The summed E-state index contributed by atoms with van der Waals surface area (Å²) >= 11 is 0. The number of hydrogen-bond donors (Lipinski definition) is 0. The Morgan fingerprint density at radius 1 is 0.565 bits per heavy atom. The van der Waals surface area contributed by atoms with Gasteiger partial charge < -0.3 is 0 Å². The van der Waals surface area contributed by atoms with E-state index < -0.39 is 0 Å². The molecule has 4 rings (SSSR count). The number of fused-ring (bicyclic) bond motifs is 3. The maximum atomic E-state index is 2.48. The minimum Gasteiger partial charge on any atom is -0.0622 e. The first-order valence-corrected chi connectivity index (χ1v) is 9.02. The van der Waals surface area contributed by atoms with Gasteiger partial charge in [-0.05, 0) is 58.7 Å². The van der Waals surface area contributed by atoms with Crippen molar-refractivity contribution in [1.82, 2.24) is 0 Å². The second-order valence-electron chi connectivity index (χ2n) is 6.74. The second kappa shape index (κ2) is 6.58. The number of aryl methyl sites for hydroxylation is 2. The van der Waals surface area contributed by atoms with Crippen LogP contribution in [0, 0.1) is 0 Å². The molecule has 0 spiro atoms. The predicted molar refractivity (Wildman–Crippen MR) is 99.9 cm³/mol. The van der Waals surface area contributed by atoms with E-state index in [4.69, 9.17) is 0 Å². The third-order valence-corrected chi connectivity index (χ3v) is 5.21. The fraction of sp³-hybridized carbons (Fsp3) is 0.304. The highest BCUT2D eigenvalue weighted by atomic mass is 14.2. The van der Waals surface area contributed by atoms with Crippen LogP contribution in [-0.4, -0.2) is 0 Å². The first kappa shape index (κ1) is 14.5. The molecule has 0 heterocycles. The first-order chi connectivity index (χ1) is 11.4. The molecular formula is C23H24. The molecule has 0 fully saturated rings. The Morgan fingerprint density at radius 3 is 2.04 bits per heavy atom. The molecule has 0 bridgehead atoms. The lowest BCUT2D eigenvalue weighted by molar-refractivity contribution is 0.629. The van der Waals surface area contributed by atoms with E-state index in [1.165, 1.54) is 66.8 Å². The van der Waals surface area contributed by atoms with Crippen LogP contribution in [0.5, 0.6) is 0 Å². The van der Waals surface area contributed by atoms with Gasteiger partial charge in [0, 0.05) is 0 Å². The van der Waals surface area contributed by atoms with Crippen molar-refractivity contribution in [2.75, 3.05) is 0 Å². The molecule has 0 saturated heterocycles. The fourth-order valence-corrected chi connectivity index (χ4v) is 4.02. The van der Waals surface area contributed by atoms with Crippen molar-refractivity contribution in [3.63, 3.8) is 0 Å². The summed E-state index contributed by atoms with van der Waals surface area (Å²) in [4.78, 5) is 0. The van der Waals surface area contributed by atoms with Gasteiger partial charge in [0.25, 0.3) is 0 Å². The Kier molecular flexibility index (Phi) is 4.15. The lowest BCUT2D eigenvalue weighted by Gasteiger charge is -2.16. The van der Waals surface area contributed by atoms with E-state index in [1.54, 1.807) is 11.1 Å². The summed E-state index contributed by atoms with van der Waals surface area (Å²) < 4.78 is 0. The van der Waals surface area contributed by atoms with Crippen LogP contribution in [0.4, 0.5) is 0 Å². The van der Waals surface area contributed by atoms with Gasteiger partial charge in [0.05, 0.1) is 0 Å². The maximum Gasteiger partial charge on any atom is -0.0102 e. The number of benzene rings is 3. The summed E-state index contributed by atoms with van der Waals surface area (Å²) in [6.07, 6.45) is 9.31. The van der Waals surface area contributed by atoms with Gasteiger partial charge in [-0.25, -0.2) is 0 Å². The zero-order valence-corrected chi connectivity index (χ0v) is 13.7. The van der Waals surface area contributed by atoms with Gasteiger partial charge in [0.1, 0.15) is 0 Å². The molecule has 0 saturated carbocycles. The van der Waals surface area contributed by atoms with Crippen molar-refractivity contribution in [3.8, 4) is 11.1 Å². The van der Waals surface area contributed by atoms with Gasteiger partial charge in [-0.1, -0.05) is 79.9 Å². The lowest BCUT2D eigenvalue weighted by Crippen LogP contribution is -1.97. The molecule has 3 aromatic rings. The van der Waals surface area contributed by atoms with Gasteiger partial charge in [0.15, 0.2) is 0 Å². The van der Waals surface area contributed by atoms with E-state index in [-0.39, 0.29) is 0 Å². The third kappa shape index (κ3) is 2.91. The molecule has 0 N–H and O–H groups in total. The number of hydrogen-bond acceptors (Lipinski definition) is 0. The van der Waals surface area contributed by atoms with Crippen molar-refractivity contribution in [3.05, 3.63) is 71.8 Å². The zero-order valence-electron chi connectivity index (χ0n) is 13.7. The molecule has 116 valence electrons. The fourth-order valence-electron chi connectivity index (χ4n) is 4.02. The third-order valence-electron chi connectivity index (χ3n) is 5.21. The second-order valence-corrected chi connectivity index (χ2v) is 6.74. The predicted octanol–water partition coefficient (Wildman–Crippen LogP) is 6.56. The Hall–Kier alpha value is -2.08.